The van der Waals surface area contributed by atoms with Crippen molar-refractivity contribution in [2.45, 2.75) is 13.0 Å². The van der Waals surface area contributed by atoms with Crippen LogP contribution in [0.25, 0.3) is 0 Å². The Bertz CT molecular complexity index is 368. The van der Waals surface area contributed by atoms with E-state index < -0.39 is 12.6 Å². The Kier molecular flexibility index (Phi) is 4.02. The van der Waals surface area contributed by atoms with Crippen LogP contribution in [-0.2, 0) is 11.2 Å². The predicted octanol–water partition coefficient (Wildman–Crippen LogP) is 2.68. The van der Waals surface area contributed by atoms with Crippen molar-refractivity contribution in [1.29, 1.82) is 0 Å². The van der Waals surface area contributed by atoms with Gasteiger partial charge in [-0.3, -0.25) is 4.79 Å². The maximum Gasteiger partial charge on any atom is 0.387 e. The van der Waals surface area contributed by atoms with Crippen LogP contribution in [0.5, 0.6) is 5.75 Å². The first-order valence-corrected chi connectivity index (χ1v) is 4.73. The molecule has 0 atom stereocenters. The fourth-order valence-corrected chi connectivity index (χ4v) is 1.38. The first kappa shape index (κ1) is 11.9. The van der Waals surface area contributed by atoms with Crippen molar-refractivity contribution < 1.29 is 23.4 Å². The van der Waals surface area contributed by atoms with Crippen LogP contribution < -0.4 is 4.74 Å². The van der Waals surface area contributed by atoms with E-state index in [0.29, 0.717) is 4.47 Å². The van der Waals surface area contributed by atoms with E-state index in [9.17, 15) is 13.6 Å². The molecule has 1 aromatic carbocycles. The van der Waals surface area contributed by atoms with E-state index >= 15 is 0 Å². The highest BCUT2D eigenvalue weighted by atomic mass is 79.9. The minimum Gasteiger partial charge on any atom is -0.481 e. The van der Waals surface area contributed by atoms with Crippen LogP contribution in [0.2, 0.25) is 0 Å². The minimum atomic E-state index is -2.97. The van der Waals surface area contributed by atoms with Gasteiger partial charge < -0.3 is 9.84 Å². The van der Waals surface area contributed by atoms with Gasteiger partial charge in [0.25, 0.3) is 0 Å². The number of halogens is 3. The normalized spacial score (nSPS) is 10.4. The van der Waals surface area contributed by atoms with Gasteiger partial charge in [0.15, 0.2) is 0 Å². The number of carboxylic acids is 1. The van der Waals surface area contributed by atoms with Crippen molar-refractivity contribution in [1.82, 2.24) is 0 Å². The highest BCUT2D eigenvalue weighted by molar-refractivity contribution is 9.10. The summed E-state index contributed by atoms with van der Waals surface area (Å²) in [5, 5.41) is 8.54. The lowest BCUT2D eigenvalue weighted by molar-refractivity contribution is -0.136. The molecule has 0 aliphatic rings. The summed E-state index contributed by atoms with van der Waals surface area (Å²) in [6, 6.07) is 4.30. The minimum absolute atomic E-state index is 0.123. The zero-order chi connectivity index (χ0) is 11.4. The molecule has 0 saturated carbocycles. The number of benzene rings is 1. The Balaban J connectivity index is 2.97. The lowest BCUT2D eigenvalue weighted by Crippen LogP contribution is -2.07. The van der Waals surface area contributed by atoms with E-state index in [1.807, 2.05) is 0 Å². The van der Waals surface area contributed by atoms with Crippen molar-refractivity contribution >= 4 is 21.9 Å². The maximum atomic E-state index is 12.0. The molecule has 0 aliphatic heterocycles. The molecule has 1 aromatic rings. The number of ether oxygens (including phenoxy) is 1. The molecular weight excluding hydrogens is 274 g/mol. The van der Waals surface area contributed by atoms with E-state index in [-0.39, 0.29) is 17.7 Å². The lowest BCUT2D eigenvalue weighted by Gasteiger charge is -2.09. The molecule has 3 nitrogen and oxygen atoms in total. The van der Waals surface area contributed by atoms with Gasteiger partial charge in [-0.25, -0.2) is 0 Å². The fraction of sp³-hybridized carbons (Fsp3) is 0.222. The monoisotopic (exact) mass is 280 g/mol. The molecule has 0 aromatic heterocycles. The van der Waals surface area contributed by atoms with Crippen molar-refractivity contribution in [3.63, 3.8) is 0 Å². The topological polar surface area (TPSA) is 46.5 Å². The molecule has 0 unspecified atom stereocenters. The fourth-order valence-electron chi connectivity index (χ4n) is 1.04. The molecule has 1 rings (SSSR count). The number of carbonyl (C=O) groups is 1. The van der Waals surface area contributed by atoms with Gasteiger partial charge in [0.2, 0.25) is 0 Å². The van der Waals surface area contributed by atoms with Gasteiger partial charge >= 0.3 is 12.6 Å². The standard InChI is InChI=1S/C9H7BrF2O3/c10-6-2-1-5(3-8(13)14)7(4-6)15-9(11)12/h1-2,4,9H,3H2,(H,13,14). The van der Waals surface area contributed by atoms with Crippen molar-refractivity contribution in [2.24, 2.45) is 0 Å². The van der Waals surface area contributed by atoms with Gasteiger partial charge in [-0.05, 0) is 12.1 Å². The smallest absolute Gasteiger partial charge is 0.387 e. The average Bonchev–Trinajstić information content (AvgIpc) is 2.08. The number of alkyl halides is 2. The molecule has 0 aliphatic carbocycles. The molecule has 0 bridgehead atoms. The van der Waals surface area contributed by atoms with Crippen molar-refractivity contribution in [2.75, 3.05) is 0 Å². The largest absolute Gasteiger partial charge is 0.481 e. The SMILES string of the molecule is O=C(O)Cc1ccc(Br)cc1OC(F)F. The summed E-state index contributed by atoms with van der Waals surface area (Å²) in [6.45, 7) is -2.97. The number of hydrogen-bond donors (Lipinski definition) is 1. The Hall–Kier alpha value is -1.17. The molecule has 0 heterocycles. The van der Waals surface area contributed by atoms with Gasteiger partial charge in [-0.2, -0.15) is 8.78 Å². The van der Waals surface area contributed by atoms with Gasteiger partial charge in [-0.15, -0.1) is 0 Å². The third-order valence-corrected chi connectivity index (χ3v) is 2.08. The molecule has 0 fully saturated rings. The Morgan fingerprint density at radius 1 is 1.53 bits per heavy atom. The van der Waals surface area contributed by atoms with Gasteiger partial charge in [0.05, 0.1) is 6.42 Å². The molecule has 15 heavy (non-hydrogen) atoms. The summed E-state index contributed by atoms with van der Waals surface area (Å²) in [7, 11) is 0. The van der Waals surface area contributed by atoms with E-state index in [1.54, 1.807) is 6.07 Å². The third kappa shape index (κ3) is 3.83. The van der Waals surface area contributed by atoms with Gasteiger partial charge in [-0.1, -0.05) is 22.0 Å². The quantitative estimate of drug-likeness (QED) is 0.922. The molecule has 0 spiro atoms. The lowest BCUT2D eigenvalue weighted by atomic mass is 10.1. The Labute approximate surface area is 92.8 Å². The number of aliphatic carboxylic acids is 1. The van der Waals surface area contributed by atoms with E-state index in [1.165, 1.54) is 12.1 Å². The summed E-state index contributed by atoms with van der Waals surface area (Å²) >= 11 is 3.08. The summed E-state index contributed by atoms with van der Waals surface area (Å²) in [4.78, 5) is 10.4. The molecule has 1 N–H and O–H groups in total. The van der Waals surface area contributed by atoms with Crippen LogP contribution >= 0.6 is 15.9 Å². The Morgan fingerprint density at radius 2 is 2.20 bits per heavy atom. The average molecular weight is 281 g/mol. The van der Waals surface area contributed by atoms with E-state index in [2.05, 4.69) is 20.7 Å². The van der Waals surface area contributed by atoms with Crippen LogP contribution in [0.1, 0.15) is 5.56 Å². The third-order valence-electron chi connectivity index (χ3n) is 1.59. The second-order valence-electron chi connectivity index (χ2n) is 2.70. The molecule has 6 heteroatoms. The van der Waals surface area contributed by atoms with Crippen LogP contribution in [0.15, 0.2) is 22.7 Å². The highest BCUT2D eigenvalue weighted by Gasteiger charge is 2.12. The van der Waals surface area contributed by atoms with Gasteiger partial charge in [0.1, 0.15) is 5.75 Å². The molecule has 0 radical (unpaired) electrons. The zero-order valence-corrected chi connectivity index (χ0v) is 9.00. The Morgan fingerprint density at radius 3 is 2.73 bits per heavy atom. The first-order chi connectivity index (χ1) is 6.99. The molecule has 0 amide bonds. The summed E-state index contributed by atoms with van der Waals surface area (Å²) in [5.41, 5.74) is 0.214. The summed E-state index contributed by atoms with van der Waals surface area (Å²) < 4.78 is 28.7. The first-order valence-electron chi connectivity index (χ1n) is 3.94. The zero-order valence-electron chi connectivity index (χ0n) is 7.41. The molecular formula is C9H7BrF2O3. The van der Waals surface area contributed by atoms with E-state index in [0.717, 1.165) is 0 Å². The van der Waals surface area contributed by atoms with Crippen LogP contribution in [-0.4, -0.2) is 17.7 Å². The number of rotatable bonds is 4. The number of hydrogen-bond acceptors (Lipinski definition) is 2. The van der Waals surface area contributed by atoms with Gasteiger partial charge in [0, 0.05) is 10.0 Å². The van der Waals surface area contributed by atoms with Crippen LogP contribution in [0.3, 0.4) is 0 Å². The van der Waals surface area contributed by atoms with Crippen molar-refractivity contribution in [3.8, 4) is 5.75 Å². The number of carboxylic acid groups (broad SMARTS) is 1. The van der Waals surface area contributed by atoms with Crippen LogP contribution in [0, 0.1) is 0 Å². The predicted molar refractivity (Wildman–Crippen MR) is 52.1 cm³/mol. The van der Waals surface area contributed by atoms with Crippen LogP contribution in [0.4, 0.5) is 8.78 Å². The second-order valence-corrected chi connectivity index (χ2v) is 3.62. The second kappa shape index (κ2) is 5.06. The molecule has 82 valence electrons. The summed E-state index contributed by atoms with van der Waals surface area (Å²) in [6.07, 6.45) is -0.352. The highest BCUT2D eigenvalue weighted by Crippen LogP contribution is 2.25. The summed E-state index contributed by atoms with van der Waals surface area (Å²) in [5.74, 6) is -1.22. The van der Waals surface area contributed by atoms with E-state index in [4.69, 9.17) is 5.11 Å². The van der Waals surface area contributed by atoms with Crippen molar-refractivity contribution in [3.05, 3.63) is 28.2 Å². The molecule has 0 saturated heterocycles. The maximum absolute atomic E-state index is 12.0.